The minimum Gasteiger partial charge on any atom is -0.347 e. The number of thiophene rings is 1. The number of rotatable bonds is 6. The Morgan fingerprint density at radius 3 is 2.70 bits per heavy atom. The van der Waals surface area contributed by atoms with Crippen molar-refractivity contribution in [1.29, 1.82) is 0 Å². The normalized spacial score (nSPS) is 15.7. The number of thioether (sulfide) groups is 1. The van der Waals surface area contributed by atoms with Crippen molar-refractivity contribution >= 4 is 34.9 Å². The highest BCUT2D eigenvalue weighted by Gasteiger charge is 2.24. The van der Waals surface area contributed by atoms with Gasteiger partial charge in [0.1, 0.15) is 6.54 Å². The third kappa shape index (κ3) is 4.36. The number of nitrogens with zero attached hydrogens (tertiary/aromatic N) is 1. The smallest absolute Gasteiger partial charge is 0.240 e. The minimum atomic E-state index is -0.102. The molecule has 1 aliphatic rings. The van der Waals surface area contributed by atoms with E-state index < -0.39 is 0 Å². The van der Waals surface area contributed by atoms with E-state index in [9.17, 15) is 9.59 Å². The van der Waals surface area contributed by atoms with Gasteiger partial charge in [-0.1, -0.05) is 36.4 Å². The molecule has 2 amide bonds. The first-order valence-corrected chi connectivity index (χ1v) is 9.48. The second-order valence-corrected chi connectivity index (χ2v) is 7.33. The number of hydrogen-bond donors (Lipinski definition) is 1. The summed E-state index contributed by atoms with van der Waals surface area (Å²) in [5, 5.41) is 5.10. The summed E-state index contributed by atoms with van der Waals surface area (Å²) < 4.78 is 0. The maximum atomic E-state index is 12.3. The molecule has 6 heteroatoms. The highest BCUT2D eigenvalue weighted by atomic mass is 32.2. The average molecular weight is 346 g/mol. The molecule has 1 N–H and O–H groups in total. The summed E-state index contributed by atoms with van der Waals surface area (Å²) >= 11 is 3.19. The van der Waals surface area contributed by atoms with Gasteiger partial charge in [-0.25, -0.2) is 0 Å². The second-order valence-electron chi connectivity index (χ2n) is 5.39. The predicted octanol–water partition coefficient (Wildman–Crippen LogP) is 2.68. The fourth-order valence-corrected chi connectivity index (χ4v) is 4.20. The van der Waals surface area contributed by atoms with Crippen molar-refractivity contribution < 1.29 is 9.59 Å². The van der Waals surface area contributed by atoms with Crippen LogP contribution in [-0.2, 0) is 16.0 Å². The Hall–Kier alpha value is -1.79. The second kappa shape index (κ2) is 7.66. The predicted molar refractivity (Wildman–Crippen MR) is 94.4 cm³/mol. The Bertz CT molecular complexity index is 658. The SMILES string of the molecule is O=C(CN1CSCC1=O)N[C@@H](Cc1ccccc1)c1cccs1. The van der Waals surface area contributed by atoms with Crippen molar-refractivity contribution in [2.24, 2.45) is 0 Å². The molecule has 23 heavy (non-hydrogen) atoms. The van der Waals surface area contributed by atoms with E-state index in [1.807, 2.05) is 35.7 Å². The van der Waals surface area contributed by atoms with Crippen LogP contribution >= 0.6 is 23.1 Å². The molecule has 0 bridgehead atoms. The van der Waals surface area contributed by atoms with Crippen molar-refractivity contribution in [3.05, 3.63) is 58.3 Å². The largest absolute Gasteiger partial charge is 0.347 e. The molecule has 1 atom stereocenters. The lowest BCUT2D eigenvalue weighted by atomic mass is 10.0. The molecule has 1 aromatic heterocycles. The molecule has 120 valence electrons. The zero-order chi connectivity index (χ0) is 16.1. The van der Waals surface area contributed by atoms with Gasteiger partial charge in [-0.05, 0) is 23.4 Å². The van der Waals surface area contributed by atoms with E-state index in [-0.39, 0.29) is 24.4 Å². The summed E-state index contributed by atoms with van der Waals surface area (Å²) in [6.07, 6.45) is 0.746. The first-order valence-electron chi connectivity index (χ1n) is 7.44. The van der Waals surface area contributed by atoms with Crippen molar-refractivity contribution in [3.8, 4) is 0 Å². The average Bonchev–Trinajstić information content (AvgIpc) is 3.20. The number of carbonyl (C=O) groups is 2. The highest BCUT2D eigenvalue weighted by molar-refractivity contribution is 8.00. The van der Waals surface area contributed by atoms with Crippen molar-refractivity contribution in [3.63, 3.8) is 0 Å². The van der Waals surface area contributed by atoms with Crippen molar-refractivity contribution in [2.75, 3.05) is 18.2 Å². The lowest BCUT2D eigenvalue weighted by Crippen LogP contribution is -2.40. The third-order valence-electron chi connectivity index (χ3n) is 3.66. The number of amides is 2. The van der Waals surface area contributed by atoms with Crippen LogP contribution in [-0.4, -0.2) is 34.9 Å². The van der Waals surface area contributed by atoms with E-state index in [2.05, 4.69) is 17.4 Å². The van der Waals surface area contributed by atoms with E-state index in [1.165, 1.54) is 5.56 Å². The van der Waals surface area contributed by atoms with Crippen LogP contribution in [0.1, 0.15) is 16.5 Å². The molecule has 0 unspecified atom stereocenters. The lowest BCUT2D eigenvalue weighted by Gasteiger charge is -2.20. The van der Waals surface area contributed by atoms with Gasteiger partial charge in [0, 0.05) is 4.88 Å². The standard InChI is InChI=1S/C17H18N2O2S2/c20-16(10-19-12-22-11-17(19)21)18-14(15-7-4-8-23-15)9-13-5-2-1-3-6-13/h1-8,14H,9-12H2,(H,18,20)/t14-/m0/s1. The molecule has 2 aromatic rings. The van der Waals surface area contributed by atoms with Gasteiger partial charge in [0.25, 0.3) is 0 Å². The van der Waals surface area contributed by atoms with E-state index >= 15 is 0 Å². The Morgan fingerprint density at radius 1 is 1.22 bits per heavy atom. The van der Waals surface area contributed by atoms with E-state index in [0.717, 1.165) is 11.3 Å². The van der Waals surface area contributed by atoms with Gasteiger partial charge in [0.05, 0.1) is 17.7 Å². The first kappa shape index (κ1) is 16.1. The maximum absolute atomic E-state index is 12.3. The molecule has 1 saturated heterocycles. The van der Waals surface area contributed by atoms with Gasteiger partial charge in [-0.3, -0.25) is 9.59 Å². The highest BCUT2D eigenvalue weighted by Crippen LogP contribution is 2.23. The van der Waals surface area contributed by atoms with E-state index in [0.29, 0.717) is 11.6 Å². The zero-order valence-corrected chi connectivity index (χ0v) is 14.2. The Balaban J connectivity index is 1.66. The minimum absolute atomic E-state index is 0.0425. The van der Waals surface area contributed by atoms with Crippen LogP contribution in [0.5, 0.6) is 0 Å². The molecule has 0 spiro atoms. The Kier molecular flexibility index (Phi) is 5.35. The summed E-state index contributed by atoms with van der Waals surface area (Å²) in [4.78, 5) is 26.7. The van der Waals surface area contributed by atoms with Crippen molar-refractivity contribution in [1.82, 2.24) is 10.2 Å². The molecular weight excluding hydrogens is 328 g/mol. The Morgan fingerprint density at radius 2 is 2.04 bits per heavy atom. The van der Waals surface area contributed by atoms with Crippen LogP contribution in [0.15, 0.2) is 47.8 Å². The summed E-state index contributed by atoms with van der Waals surface area (Å²) in [5.41, 5.74) is 1.18. The molecule has 0 aliphatic carbocycles. The molecule has 0 radical (unpaired) electrons. The molecule has 3 rings (SSSR count). The number of nitrogens with one attached hydrogen (secondary N) is 1. The van der Waals surface area contributed by atoms with Gasteiger partial charge in [0.15, 0.2) is 0 Å². The molecule has 1 aliphatic heterocycles. The fraction of sp³-hybridized carbons (Fsp3) is 0.294. The number of carbonyl (C=O) groups excluding carboxylic acids is 2. The third-order valence-corrected chi connectivity index (χ3v) is 5.60. The number of benzene rings is 1. The number of hydrogen-bond acceptors (Lipinski definition) is 4. The van der Waals surface area contributed by atoms with Crippen LogP contribution in [0.2, 0.25) is 0 Å². The van der Waals surface area contributed by atoms with Crippen LogP contribution in [0.4, 0.5) is 0 Å². The zero-order valence-electron chi connectivity index (χ0n) is 12.6. The first-order chi connectivity index (χ1) is 11.2. The van der Waals surface area contributed by atoms with Gasteiger partial charge in [0.2, 0.25) is 11.8 Å². The van der Waals surface area contributed by atoms with Crippen LogP contribution in [0, 0.1) is 0 Å². The summed E-state index contributed by atoms with van der Waals surface area (Å²) in [6.45, 7) is 0.141. The summed E-state index contributed by atoms with van der Waals surface area (Å²) in [7, 11) is 0. The van der Waals surface area contributed by atoms with E-state index in [4.69, 9.17) is 0 Å². The topological polar surface area (TPSA) is 49.4 Å². The van der Waals surface area contributed by atoms with Crippen LogP contribution in [0.3, 0.4) is 0 Å². The lowest BCUT2D eigenvalue weighted by molar-refractivity contribution is -0.132. The Labute approximate surface area is 143 Å². The quantitative estimate of drug-likeness (QED) is 0.875. The van der Waals surface area contributed by atoms with E-state index in [1.54, 1.807) is 28.0 Å². The van der Waals surface area contributed by atoms with Crippen molar-refractivity contribution in [2.45, 2.75) is 12.5 Å². The molecule has 4 nitrogen and oxygen atoms in total. The monoisotopic (exact) mass is 346 g/mol. The molecular formula is C17H18N2O2S2. The molecule has 2 heterocycles. The summed E-state index contributed by atoms with van der Waals surface area (Å²) in [5.74, 6) is 1.02. The molecule has 0 saturated carbocycles. The van der Waals surface area contributed by atoms with Crippen LogP contribution in [0.25, 0.3) is 0 Å². The van der Waals surface area contributed by atoms with Gasteiger partial charge >= 0.3 is 0 Å². The van der Waals surface area contributed by atoms with Gasteiger partial charge < -0.3 is 10.2 Å². The van der Waals surface area contributed by atoms with Gasteiger partial charge in [-0.2, -0.15) is 0 Å². The van der Waals surface area contributed by atoms with Gasteiger partial charge in [-0.15, -0.1) is 23.1 Å². The molecule has 1 fully saturated rings. The molecule has 1 aromatic carbocycles. The van der Waals surface area contributed by atoms with Crippen LogP contribution < -0.4 is 5.32 Å². The fourth-order valence-electron chi connectivity index (χ4n) is 2.52. The maximum Gasteiger partial charge on any atom is 0.240 e. The summed E-state index contributed by atoms with van der Waals surface area (Å²) in [6, 6.07) is 14.1.